The molecule has 0 aliphatic heterocycles. The summed E-state index contributed by atoms with van der Waals surface area (Å²) in [5.41, 5.74) is -0.341. The number of nitrogens with one attached hydrogen (secondary N) is 1. The van der Waals surface area contributed by atoms with Gasteiger partial charge in [0.25, 0.3) is 5.91 Å². The van der Waals surface area contributed by atoms with Gasteiger partial charge in [-0.1, -0.05) is 11.6 Å². The Morgan fingerprint density at radius 1 is 1.11 bits per heavy atom. The SMILES string of the molecule is COc1cc(C(=O)OC(C)C(=O)Nc2cc(F)ccc2F)cc(Cl)c1OC. The lowest BCUT2D eigenvalue weighted by Gasteiger charge is -2.15. The summed E-state index contributed by atoms with van der Waals surface area (Å²) < 4.78 is 42.0. The Morgan fingerprint density at radius 3 is 2.44 bits per heavy atom. The zero-order valence-electron chi connectivity index (χ0n) is 14.6. The fourth-order valence-electron chi connectivity index (χ4n) is 2.15. The molecular weight excluding hydrogens is 384 g/mol. The number of methoxy groups -OCH3 is 2. The standard InChI is InChI=1S/C18H16ClF2NO5/c1-9(17(23)22-14-8-11(20)4-5-13(14)21)27-18(24)10-6-12(19)16(26-3)15(7-10)25-2/h4-9H,1-3H3,(H,22,23). The third-order valence-corrected chi connectivity index (χ3v) is 3.79. The van der Waals surface area contributed by atoms with Gasteiger partial charge in [-0.2, -0.15) is 0 Å². The highest BCUT2D eigenvalue weighted by Crippen LogP contribution is 2.36. The smallest absolute Gasteiger partial charge is 0.339 e. The van der Waals surface area contributed by atoms with Gasteiger partial charge in [0.2, 0.25) is 0 Å². The molecule has 27 heavy (non-hydrogen) atoms. The summed E-state index contributed by atoms with van der Waals surface area (Å²) in [6, 6.07) is 5.23. The van der Waals surface area contributed by atoms with Crippen molar-refractivity contribution in [3.8, 4) is 11.5 Å². The van der Waals surface area contributed by atoms with E-state index < -0.39 is 29.6 Å². The quantitative estimate of drug-likeness (QED) is 0.747. The van der Waals surface area contributed by atoms with Crippen molar-refractivity contribution in [3.05, 3.63) is 52.6 Å². The molecule has 0 bridgehead atoms. The summed E-state index contributed by atoms with van der Waals surface area (Å²) in [7, 11) is 2.76. The Labute approximate surface area is 159 Å². The van der Waals surface area contributed by atoms with Gasteiger partial charge in [-0.15, -0.1) is 0 Å². The number of carbonyl (C=O) groups excluding carboxylic acids is 2. The zero-order valence-corrected chi connectivity index (χ0v) is 15.4. The molecule has 0 spiro atoms. The molecule has 144 valence electrons. The molecule has 0 fully saturated rings. The first-order chi connectivity index (χ1) is 12.8. The molecule has 2 aromatic rings. The molecule has 6 nitrogen and oxygen atoms in total. The van der Waals surface area contributed by atoms with Crippen LogP contribution in [0.15, 0.2) is 30.3 Å². The molecule has 0 radical (unpaired) electrons. The maximum atomic E-state index is 13.6. The zero-order chi connectivity index (χ0) is 20.1. The topological polar surface area (TPSA) is 73.9 Å². The van der Waals surface area contributed by atoms with Crippen LogP contribution in [0.5, 0.6) is 11.5 Å². The highest BCUT2D eigenvalue weighted by atomic mass is 35.5. The van der Waals surface area contributed by atoms with Crippen LogP contribution in [0.1, 0.15) is 17.3 Å². The normalized spacial score (nSPS) is 11.5. The number of hydrogen-bond donors (Lipinski definition) is 1. The van der Waals surface area contributed by atoms with Gasteiger partial charge in [0, 0.05) is 6.07 Å². The van der Waals surface area contributed by atoms with Crippen LogP contribution in [0.3, 0.4) is 0 Å². The molecule has 0 saturated carbocycles. The summed E-state index contributed by atoms with van der Waals surface area (Å²) in [6.45, 7) is 1.28. The Morgan fingerprint density at radius 2 is 1.81 bits per heavy atom. The second-order valence-electron chi connectivity index (χ2n) is 5.35. The molecular formula is C18H16ClF2NO5. The van der Waals surface area contributed by atoms with Crippen LogP contribution < -0.4 is 14.8 Å². The molecule has 1 N–H and O–H groups in total. The first kappa shape index (κ1) is 20.4. The maximum absolute atomic E-state index is 13.6. The van der Waals surface area contributed by atoms with Crippen molar-refractivity contribution in [2.24, 2.45) is 0 Å². The average Bonchev–Trinajstić information content (AvgIpc) is 2.63. The Balaban J connectivity index is 2.12. The number of benzene rings is 2. The van der Waals surface area contributed by atoms with Crippen LogP contribution in [0, 0.1) is 11.6 Å². The van der Waals surface area contributed by atoms with Gasteiger partial charge in [0.15, 0.2) is 17.6 Å². The molecule has 1 unspecified atom stereocenters. The number of amides is 1. The van der Waals surface area contributed by atoms with Crippen molar-refractivity contribution in [1.82, 2.24) is 0 Å². The van der Waals surface area contributed by atoms with Crippen molar-refractivity contribution in [3.63, 3.8) is 0 Å². The van der Waals surface area contributed by atoms with E-state index in [-0.39, 0.29) is 27.8 Å². The first-order valence-corrected chi connectivity index (χ1v) is 8.03. The van der Waals surface area contributed by atoms with Gasteiger partial charge in [0.05, 0.1) is 30.5 Å². The second-order valence-corrected chi connectivity index (χ2v) is 5.76. The van der Waals surface area contributed by atoms with Gasteiger partial charge in [0.1, 0.15) is 11.6 Å². The molecule has 9 heteroatoms. The average molecular weight is 400 g/mol. The van der Waals surface area contributed by atoms with Crippen LogP contribution in [0.2, 0.25) is 5.02 Å². The van der Waals surface area contributed by atoms with Gasteiger partial charge in [-0.05, 0) is 31.2 Å². The summed E-state index contributed by atoms with van der Waals surface area (Å²) in [4.78, 5) is 24.3. The second kappa shape index (κ2) is 8.68. The molecule has 1 amide bonds. The van der Waals surface area contributed by atoms with Gasteiger partial charge in [-0.25, -0.2) is 13.6 Å². The summed E-state index contributed by atoms with van der Waals surface area (Å²) in [5, 5.41) is 2.27. The number of carbonyl (C=O) groups is 2. The predicted molar refractivity (Wildman–Crippen MR) is 94.4 cm³/mol. The minimum atomic E-state index is -1.29. The number of anilines is 1. The highest BCUT2D eigenvalue weighted by molar-refractivity contribution is 6.32. The summed E-state index contributed by atoms with van der Waals surface area (Å²) in [5.74, 6) is -2.80. The minimum Gasteiger partial charge on any atom is -0.493 e. The Bertz CT molecular complexity index is 875. The van der Waals surface area contributed by atoms with Crippen molar-refractivity contribution < 1.29 is 32.6 Å². The van der Waals surface area contributed by atoms with Crippen LogP contribution in [0.4, 0.5) is 14.5 Å². The predicted octanol–water partition coefficient (Wildman–Crippen LogP) is 3.82. The monoisotopic (exact) mass is 399 g/mol. The van der Waals surface area contributed by atoms with Gasteiger partial charge < -0.3 is 19.5 Å². The lowest BCUT2D eigenvalue weighted by molar-refractivity contribution is -0.123. The fourth-order valence-corrected chi connectivity index (χ4v) is 2.43. The Hall–Kier alpha value is -2.87. The molecule has 2 aromatic carbocycles. The third-order valence-electron chi connectivity index (χ3n) is 3.51. The molecule has 0 aliphatic rings. The van der Waals surface area contributed by atoms with E-state index in [0.717, 1.165) is 18.2 Å². The first-order valence-electron chi connectivity index (χ1n) is 7.65. The van der Waals surface area contributed by atoms with Gasteiger partial charge >= 0.3 is 5.97 Å². The summed E-state index contributed by atoms with van der Waals surface area (Å²) in [6.07, 6.45) is -1.29. The number of rotatable bonds is 6. The van der Waals surface area contributed by atoms with Crippen LogP contribution in [0.25, 0.3) is 0 Å². The van der Waals surface area contributed by atoms with Crippen LogP contribution in [-0.4, -0.2) is 32.2 Å². The molecule has 0 heterocycles. The van der Waals surface area contributed by atoms with E-state index in [1.54, 1.807) is 0 Å². The molecule has 1 atom stereocenters. The van der Waals surface area contributed by atoms with Crippen molar-refractivity contribution in [2.45, 2.75) is 13.0 Å². The van der Waals surface area contributed by atoms with E-state index in [9.17, 15) is 18.4 Å². The van der Waals surface area contributed by atoms with Crippen molar-refractivity contribution >= 4 is 29.2 Å². The van der Waals surface area contributed by atoms with Crippen LogP contribution in [-0.2, 0) is 9.53 Å². The molecule has 2 rings (SSSR count). The van der Waals surface area contributed by atoms with E-state index >= 15 is 0 Å². The lowest BCUT2D eigenvalue weighted by atomic mass is 10.2. The van der Waals surface area contributed by atoms with Crippen molar-refractivity contribution in [1.29, 1.82) is 0 Å². The third kappa shape index (κ3) is 4.85. The highest BCUT2D eigenvalue weighted by Gasteiger charge is 2.22. The molecule has 0 saturated heterocycles. The Kier molecular flexibility index (Phi) is 6.57. The minimum absolute atomic E-state index is 0.0224. The number of esters is 1. The number of ether oxygens (including phenoxy) is 3. The van der Waals surface area contributed by atoms with E-state index in [4.69, 9.17) is 25.8 Å². The van der Waals surface area contributed by atoms with E-state index in [0.29, 0.717) is 0 Å². The number of hydrogen-bond acceptors (Lipinski definition) is 5. The van der Waals surface area contributed by atoms with Crippen LogP contribution >= 0.6 is 11.6 Å². The van der Waals surface area contributed by atoms with E-state index in [1.165, 1.54) is 33.3 Å². The summed E-state index contributed by atoms with van der Waals surface area (Å²) >= 11 is 6.03. The lowest BCUT2D eigenvalue weighted by Crippen LogP contribution is -2.30. The molecule has 0 aromatic heterocycles. The largest absolute Gasteiger partial charge is 0.493 e. The fraction of sp³-hybridized carbons (Fsp3) is 0.222. The number of halogens is 3. The molecule has 0 aliphatic carbocycles. The maximum Gasteiger partial charge on any atom is 0.339 e. The van der Waals surface area contributed by atoms with E-state index in [1.807, 2.05) is 0 Å². The van der Waals surface area contributed by atoms with E-state index in [2.05, 4.69) is 5.32 Å². The van der Waals surface area contributed by atoms with Gasteiger partial charge in [-0.3, -0.25) is 4.79 Å². The van der Waals surface area contributed by atoms with Crippen molar-refractivity contribution in [2.75, 3.05) is 19.5 Å².